The first-order valence-electron chi connectivity index (χ1n) is 8.81. The van der Waals surface area contributed by atoms with E-state index in [1.165, 1.54) is 15.3 Å². The molecule has 1 aliphatic rings. The first kappa shape index (κ1) is 20.0. The van der Waals surface area contributed by atoms with Crippen LogP contribution in [0.2, 0.25) is 5.02 Å². The molecule has 2 aromatic rings. The second-order valence-electron chi connectivity index (χ2n) is 6.09. The number of guanidine groups is 1. The summed E-state index contributed by atoms with van der Waals surface area (Å²) in [6, 6.07) is 9.92. The number of aliphatic imine (C=N–C) groups is 1. The average Bonchev–Trinajstić information content (AvgIpc) is 3.16. The Balaban J connectivity index is 1.36. The van der Waals surface area contributed by atoms with Gasteiger partial charge in [0.05, 0.1) is 6.54 Å². The molecule has 0 fully saturated rings. The number of carbonyl (C=O) groups excluding carboxylic acids is 1. The Morgan fingerprint density at radius 2 is 2.11 bits per heavy atom. The Hall–Kier alpha value is -1.70. The van der Waals surface area contributed by atoms with Crippen molar-refractivity contribution in [1.29, 1.82) is 0 Å². The van der Waals surface area contributed by atoms with Gasteiger partial charge < -0.3 is 15.5 Å². The predicted octanol–water partition coefficient (Wildman–Crippen LogP) is 3.24. The number of amides is 1. The molecule has 0 radical (unpaired) electrons. The van der Waals surface area contributed by atoms with E-state index >= 15 is 0 Å². The molecule has 144 valence electrons. The van der Waals surface area contributed by atoms with Crippen LogP contribution in [0.3, 0.4) is 0 Å². The molecule has 0 bridgehead atoms. The SMILES string of the molecule is CN=C(NCCSc1ccc(Cl)cc1)NCC(=O)N1CCc2sccc2C1. The Morgan fingerprint density at radius 1 is 1.30 bits per heavy atom. The molecule has 1 aliphatic heterocycles. The van der Waals surface area contributed by atoms with Gasteiger partial charge in [-0.15, -0.1) is 23.1 Å². The number of halogens is 1. The van der Waals surface area contributed by atoms with Crippen LogP contribution in [0.4, 0.5) is 0 Å². The molecule has 1 amide bonds. The third kappa shape index (κ3) is 5.89. The van der Waals surface area contributed by atoms with Crippen molar-refractivity contribution in [1.82, 2.24) is 15.5 Å². The smallest absolute Gasteiger partial charge is 0.242 e. The molecule has 0 spiro atoms. The van der Waals surface area contributed by atoms with Gasteiger partial charge in [-0.2, -0.15) is 0 Å². The van der Waals surface area contributed by atoms with E-state index in [9.17, 15) is 4.79 Å². The number of nitrogens with one attached hydrogen (secondary N) is 2. The zero-order valence-electron chi connectivity index (χ0n) is 15.2. The van der Waals surface area contributed by atoms with E-state index in [-0.39, 0.29) is 12.5 Å². The predicted molar refractivity (Wildman–Crippen MR) is 115 cm³/mol. The van der Waals surface area contributed by atoms with E-state index in [2.05, 4.69) is 27.1 Å². The minimum atomic E-state index is 0.102. The highest BCUT2D eigenvalue weighted by atomic mass is 35.5. The van der Waals surface area contributed by atoms with Crippen molar-refractivity contribution < 1.29 is 4.79 Å². The van der Waals surface area contributed by atoms with Gasteiger partial charge in [0, 0.05) is 47.2 Å². The van der Waals surface area contributed by atoms with Crippen molar-refractivity contribution in [3.63, 3.8) is 0 Å². The number of fused-ring (bicyclic) bond motifs is 1. The van der Waals surface area contributed by atoms with Crippen LogP contribution < -0.4 is 10.6 Å². The molecule has 0 aliphatic carbocycles. The number of thiophene rings is 1. The minimum Gasteiger partial charge on any atom is -0.356 e. The largest absolute Gasteiger partial charge is 0.356 e. The highest BCUT2D eigenvalue weighted by Crippen LogP contribution is 2.23. The molecule has 27 heavy (non-hydrogen) atoms. The summed E-state index contributed by atoms with van der Waals surface area (Å²) < 4.78 is 0. The molecule has 8 heteroatoms. The van der Waals surface area contributed by atoms with E-state index in [4.69, 9.17) is 11.6 Å². The van der Waals surface area contributed by atoms with Crippen LogP contribution in [0.25, 0.3) is 0 Å². The second kappa shape index (κ2) is 10.0. The fourth-order valence-electron chi connectivity index (χ4n) is 2.82. The van der Waals surface area contributed by atoms with Crippen molar-refractivity contribution in [2.75, 3.05) is 32.4 Å². The number of hydrogen-bond donors (Lipinski definition) is 2. The fraction of sp³-hybridized carbons (Fsp3) is 0.368. The number of carbonyl (C=O) groups is 1. The van der Waals surface area contributed by atoms with Crippen LogP contribution >= 0.6 is 34.7 Å². The van der Waals surface area contributed by atoms with Crippen molar-refractivity contribution in [3.8, 4) is 0 Å². The van der Waals surface area contributed by atoms with E-state index in [0.717, 1.165) is 30.3 Å². The molecular weight excluding hydrogens is 400 g/mol. The number of benzene rings is 1. The zero-order chi connectivity index (χ0) is 19.1. The number of thioether (sulfide) groups is 1. The van der Waals surface area contributed by atoms with Crippen LogP contribution in [0, 0.1) is 0 Å². The summed E-state index contributed by atoms with van der Waals surface area (Å²) in [5.74, 6) is 1.64. The maximum Gasteiger partial charge on any atom is 0.242 e. The monoisotopic (exact) mass is 422 g/mol. The molecule has 0 saturated carbocycles. The van der Waals surface area contributed by atoms with Gasteiger partial charge in [-0.25, -0.2) is 0 Å². The van der Waals surface area contributed by atoms with Crippen LogP contribution in [-0.2, 0) is 17.8 Å². The van der Waals surface area contributed by atoms with Gasteiger partial charge in [0.25, 0.3) is 0 Å². The summed E-state index contributed by atoms with van der Waals surface area (Å²) in [4.78, 5) is 21.1. The van der Waals surface area contributed by atoms with E-state index in [1.807, 2.05) is 29.2 Å². The molecule has 0 saturated heterocycles. The van der Waals surface area contributed by atoms with E-state index < -0.39 is 0 Å². The summed E-state index contributed by atoms with van der Waals surface area (Å²) in [6.45, 7) is 2.51. The quantitative estimate of drug-likeness (QED) is 0.325. The fourth-order valence-corrected chi connectivity index (χ4v) is 4.61. The van der Waals surface area contributed by atoms with Crippen molar-refractivity contribution >= 4 is 46.6 Å². The Labute approximate surface area is 173 Å². The van der Waals surface area contributed by atoms with Gasteiger partial charge in [0.1, 0.15) is 0 Å². The van der Waals surface area contributed by atoms with Crippen LogP contribution in [-0.4, -0.2) is 49.2 Å². The molecule has 1 aromatic heterocycles. The molecule has 5 nitrogen and oxygen atoms in total. The van der Waals surface area contributed by atoms with Gasteiger partial charge in [-0.05, 0) is 47.7 Å². The molecule has 0 unspecified atom stereocenters. The maximum atomic E-state index is 12.5. The van der Waals surface area contributed by atoms with Gasteiger partial charge >= 0.3 is 0 Å². The third-order valence-corrected chi connectivity index (χ3v) is 6.56. The summed E-state index contributed by atoms with van der Waals surface area (Å²) >= 11 is 9.42. The second-order valence-corrected chi connectivity index (χ2v) is 8.69. The van der Waals surface area contributed by atoms with E-state index in [1.54, 1.807) is 30.1 Å². The van der Waals surface area contributed by atoms with Gasteiger partial charge in [0.2, 0.25) is 5.91 Å². The Morgan fingerprint density at radius 3 is 2.89 bits per heavy atom. The molecule has 1 aromatic carbocycles. The van der Waals surface area contributed by atoms with Gasteiger partial charge in [-0.3, -0.25) is 9.79 Å². The van der Waals surface area contributed by atoms with Crippen LogP contribution in [0.15, 0.2) is 45.6 Å². The minimum absolute atomic E-state index is 0.102. The van der Waals surface area contributed by atoms with Crippen molar-refractivity contribution in [3.05, 3.63) is 51.2 Å². The highest BCUT2D eigenvalue weighted by Gasteiger charge is 2.21. The third-order valence-electron chi connectivity index (χ3n) is 4.27. The molecule has 0 atom stereocenters. The summed E-state index contributed by atoms with van der Waals surface area (Å²) in [7, 11) is 1.71. The van der Waals surface area contributed by atoms with Crippen molar-refractivity contribution in [2.24, 2.45) is 4.99 Å². The summed E-state index contributed by atoms with van der Waals surface area (Å²) in [5, 5.41) is 9.21. The topological polar surface area (TPSA) is 56.7 Å². The molecule has 2 heterocycles. The van der Waals surface area contributed by atoms with E-state index in [0.29, 0.717) is 12.5 Å². The first-order valence-corrected chi connectivity index (χ1v) is 11.1. The van der Waals surface area contributed by atoms with Crippen LogP contribution in [0.5, 0.6) is 0 Å². The van der Waals surface area contributed by atoms with Crippen molar-refractivity contribution in [2.45, 2.75) is 17.9 Å². The lowest BCUT2D eigenvalue weighted by Crippen LogP contribution is -2.46. The van der Waals surface area contributed by atoms with Gasteiger partial charge in [0.15, 0.2) is 5.96 Å². The maximum absolute atomic E-state index is 12.5. The first-order chi connectivity index (χ1) is 13.2. The Kier molecular flexibility index (Phi) is 7.43. The number of nitrogens with zero attached hydrogens (tertiary/aromatic N) is 2. The molecule has 2 N–H and O–H groups in total. The number of rotatable bonds is 6. The normalized spacial score (nSPS) is 14.0. The highest BCUT2D eigenvalue weighted by molar-refractivity contribution is 7.99. The lowest BCUT2D eigenvalue weighted by molar-refractivity contribution is -0.130. The lowest BCUT2D eigenvalue weighted by Gasteiger charge is -2.27. The number of hydrogen-bond acceptors (Lipinski definition) is 4. The summed E-state index contributed by atoms with van der Waals surface area (Å²) in [5.41, 5.74) is 1.28. The molecular formula is C19H23ClN4OS2. The zero-order valence-corrected chi connectivity index (χ0v) is 17.6. The average molecular weight is 423 g/mol. The lowest BCUT2D eigenvalue weighted by atomic mass is 10.1. The molecule has 3 rings (SSSR count). The summed E-state index contributed by atoms with van der Waals surface area (Å²) in [6.07, 6.45) is 0.952. The standard InChI is InChI=1S/C19H23ClN4OS2/c1-21-19(22-8-11-26-16-4-2-15(20)3-5-16)23-12-18(25)24-9-6-17-14(13-24)7-10-27-17/h2-5,7,10H,6,8-9,11-13H2,1H3,(H2,21,22,23). The Bertz CT molecular complexity index is 791. The van der Waals surface area contributed by atoms with Crippen LogP contribution in [0.1, 0.15) is 10.4 Å². The van der Waals surface area contributed by atoms with Gasteiger partial charge in [-0.1, -0.05) is 11.6 Å².